The molecule has 0 bridgehead atoms. The molecule has 0 saturated heterocycles. The summed E-state index contributed by atoms with van der Waals surface area (Å²) in [5.41, 5.74) is 10.9. The number of Topliss-reactive ketones (excluding diaryl/α,β-unsaturated/α-hetero) is 2. The molecule has 42 heavy (non-hydrogen) atoms. The molecule has 0 aliphatic rings. The summed E-state index contributed by atoms with van der Waals surface area (Å²) < 4.78 is 0. The summed E-state index contributed by atoms with van der Waals surface area (Å²) in [4.78, 5) is 65.0. The Morgan fingerprint density at radius 2 is 1.10 bits per heavy atom. The lowest BCUT2D eigenvalue weighted by Gasteiger charge is -2.21. The van der Waals surface area contributed by atoms with Gasteiger partial charge in [-0.3, -0.25) is 24.0 Å². The smallest absolute Gasteiger partial charge is 0.224 e. The van der Waals surface area contributed by atoms with Gasteiger partial charge in [-0.25, -0.2) is 0 Å². The third-order valence-electron chi connectivity index (χ3n) is 7.12. The van der Waals surface area contributed by atoms with Gasteiger partial charge in [0.05, 0.1) is 11.8 Å². The molecule has 12 heteroatoms. The molecule has 0 radical (unpaired) electrons. The van der Waals surface area contributed by atoms with Gasteiger partial charge in [0.1, 0.15) is 11.6 Å². The van der Waals surface area contributed by atoms with E-state index in [4.69, 9.17) is 11.5 Å². The second kappa shape index (κ2) is 26.2. The van der Waals surface area contributed by atoms with E-state index in [1.165, 1.54) is 0 Å². The molecular formula is C30H59N7O5. The van der Waals surface area contributed by atoms with Crippen LogP contribution >= 0.6 is 0 Å². The summed E-state index contributed by atoms with van der Waals surface area (Å²) in [6.45, 7) is 10.5. The highest BCUT2D eigenvalue weighted by Crippen LogP contribution is 2.22. The fourth-order valence-corrected chi connectivity index (χ4v) is 4.59. The van der Waals surface area contributed by atoms with Crippen LogP contribution in [0.3, 0.4) is 0 Å². The van der Waals surface area contributed by atoms with Crippen molar-refractivity contribution in [3.8, 4) is 0 Å². The lowest BCUT2D eigenvalue weighted by Crippen LogP contribution is -2.40. The van der Waals surface area contributed by atoms with Crippen LogP contribution in [0.5, 0.6) is 0 Å². The van der Waals surface area contributed by atoms with Crippen LogP contribution in [0.1, 0.15) is 85.0 Å². The fourth-order valence-electron chi connectivity index (χ4n) is 4.59. The van der Waals surface area contributed by atoms with Crippen LogP contribution in [0.25, 0.3) is 0 Å². The molecule has 0 saturated carbocycles. The first-order chi connectivity index (χ1) is 20.2. The van der Waals surface area contributed by atoms with Gasteiger partial charge in [-0.15, -0.1) is 0 Å². The Balaban J connectivity index is 5.48. The summed E-state index contributed by atoms with van der Waals surface area (Å²) in [5.74, 6) is -3.23. The van der Waals surface area contributed by atoms with Crippen LogP contribution in [-0.2, 0) is 24.0 Å². The fraction of sp³-hybridized carbons (Fsp3) is 0.833. The van der Waals surface area contributed by atoms with E-state index < -0.39 is 11.8 Å². The van der Waals surface area contributed by atoms with Crippen molar-refractivity contribution in [1.82, 2.24) is 26.6 Å². The Kier molecular flexibility index (Phi) is 24.7. The second-order valence-corrected chi connectivity index (χ2v) is 10.8. The monoisotopic (exact) mass is 597 g/mol. The maximum absolute atomic E-state index is 13.3. The molecule has 3 amide bonds. The number of carbonyl (C=O) groups is 5. The van der Waals surface area contributed by atoms with Gasteiger partial charge in [-0.05, 0) is 19.3 Å². The minimum Gasteiger partial charge on any atom is -0.356 e. The Labute approximate surface area is 253 Å². The molecule has 12 nitrogen and oxygen atoms in total. The molecule has 0 aliphatic heterocycles. The number of rotatable bonds is 28. The molecule has 0 aromatic rings. The first kappa shape index (κ1) is 39.6. The number of ketones is 2. The maximum Gasteiger partial charge on any atom is 0.224 e. The molecule has 0 aliphatic carbocycles. The Morgan fingerprint density at radius 3 is 1.62 bits per heavy atom. The van der Waals surface area contributed by atoms with Crippen molar-refractivity contribution in [2.24, 2.45) is 29.2 Å². The van der Waals surface area contributed by atoms with Crippen molar-refractivity contribution >= 4 is 29.3 Å². The van der Waals surface area contributed by atoms with Crippen LogP contribution in [0.4, 0.5) is 0 Å². The maximum atomic E-state index is 13.3. The number of unbranched alkanes of at least 4 members (excludes halogenated alkanes) is 2. The summed E-state index contributed by atoms with van der Waals surface area (Å²) >= 11 is 0. The van der Waals surface area contributed by atoms with Gasteiger partial charge >= 0.3 is 0 Å². The molecular weight excluding hydrogens is 538 g/mol. The van der Waals surface area contributed by atoms with E-state index in [9.17, 15) is 24.0 Å². The molecule has 9 N–H and O–H groups in total. The predicted octanol–water partition coefficient (Wildman–Crippen LogP) is 0.379. The van der Waals surface area contributed by atoms with E-state index >= 15 is 0 Å². The van der Waals surface area contributed by atoms with E-state index in [1.54, 1.807) is 0 Å². The number of nitrogens with one attached hydrogen (secondary N) is 5. The average Bonchev–Trinajstić information content (AvgIpc) is 2.96. The Morgan fingerprint density at radius 1 is 0.571 bits per heavy atom. The van der Waals surface area contributed by atoms with Crippen LogP contribution < -0.4 is 38.1 Å². The van der Waals surface area contributed by atoms with Crippen LogP contribution in [0, 0.1) is 17.8 Å². The zero-order valence-corrected chi connectivity index (χ0v) is 26.4. The highest BCUT2D eigenvalue weighted by atomic mass is 16.2. The third kappa shape index (κ3) is 19.7. The Hall–Kier alpha value is -2.41. The molecule has 0 fully saturated rings. The van der Waals surface area contributed by atoms with Crippen molar-refractivity contribution in [3.63, 3.8) is 0 Å². The standard InChI is InChI=1S/C30H59N7O5/c1-4-7-9-23(6-3)27(39)21-24(29(41)37-18-16-34-14-11-32)19-26(38)20-25(30(42)36-12-8-5-2)22-28(40)35-17-15-33-13-10-31/h23-25,33-34H,4-22,31-32H2,1-3H3,(H,35,40)(H,36,42)(H,37,41). The highest BCUT2D eigenvalue weighted by Gasteiger charge is 2.30. The number of amides is 3. The molecule has 0 heterocycles. The van der Waals surface area contributed by atoms with Crippen molar-refractivity contribution in [2.45, 2.75) is 85.0 Å². The first-order valence-electron chi connectivity index (χ1n) is 15.9. The zero-order valence-electron chi connectivity index (χ0n) is 26.4. The number of hydrogen-bond acceptors (Lipinski definition) is 9. The van der Waals surface area contributed by atoms with Crippen LogP contribution in [-0.4, -0.2) is 88.2 Å². The number of hydrogen-bond donors (Lipinski definition) is 7. The number of carbonyl (C=O) groups excluding carboxylic acids is 5. The van der Waals surface area contributed by atoms with Crippen molar-refractivity contribution < 1.29 is 24.0 Å². The lowest BCUT2D eigenvalue weighted by atomic mass is 9.85. The molecule has 0 rings (SSSR count). The molecule has 244 valence electrons. The van der Waals surface area contributed by atoms with E-state index in [0.29, 0.717) is 65.3 Å². The average molecular weight is 598 g/mol. The zero-order chi connectivity index (χ0) is 31.6. The second-order valence-electron chi connectivity index (χ2n) is 10.8. The van der Waals surface area contributed by atoms with Gasteiger partial charge in [0, 0.05) is 90.5 Å². The van der Waals surface area contributed by atoms with E-state index in [2.05, 4.69) is 33.5 Å². The topological polar surface area (TPSA) is 198 Å². The normalized spacial score (nSPS) is 13.2. The lowest BCUT2D eigenvalue weighted by molar-refractivity contribution is -0.135. The highest BCUT2D eigenvalue weighted by molar-refractivity contribution is 5.94. The molecule has 0 spiro atoms. The summed E-state index contributed by atoms with van der Waals surface area (Å²) in [6, 6.07) is 0. The van der Waals surface area contributed by atoms with Gasteiger partial charge in [-0.2, -0.15) is 0 Å². The van der Waals surface area contributed by atoms with E-state index in [0.717, 1.165) is 32.1 Å². The quantitative estimate of drug-likeness (QED) is 0.0623. The third-order valence-corrected chi connectivity index (χ3v) is 7.12. The van der Waals surface area contributed by atoms with E-state index in [1.807, 2.05) is 13.8 Å². The van der Waals surface area contributed by atoms with Gasteiger partial charge in [0.2, 0.25) is 17.7 Å². The van der Waals surface area contributed by atoms with Crippen molar-refractivity contribution in [1.29, 1.82) is 0 Å². The molecule has 0 aromatic heterocycles. The summed E-state index contributed by atoms with van der Waals surface area (Å²) in [7, 11) is 0. The van der Waals surface area contributed by atoms with Gasteiger partial charge in [0.15, 0.2) is 0 Å². The van der Waals surface area contributed by atoms with Gasteiger partial charge in [-0.1, -0.05) is 40.0 Å². The molecule has 3 unspecified atom stereocenters. The summed E-state index contributed by atoms with van der Waals surface area (Å²) in [5, 5.41) is 14.6. The summed E-state index contributed by atoms with van der Waals surface area (Å²) in [6.07, 6.45) is 4.50. The van der Waals surface area contributed by atoms with Crippen LogP contribution in [0.15, 0.2) is 0 Å². The minimum absolute atomic E-state index is 0.0170. The predicted molar refractivity (Wildman–Crippen MR) is 167 cm³/mol. The number of nitrogens with two attached hydrogens (primary N) is 2. The van der Waals surface area contributed by atoms with Crippen molar-refractivity contribution in [2.75, 3.05) is 58.9 Å². The Bertz CT molecular complexity index is 781. The molecule has 0 aromatic carbocycles. The van der Waals surface area contributed by atoms with Gasteiger partial charge < -0.3 is 38.1 Å². The van der Waals surface area contributed by atoms with E-state index in [-0.39, 0.29) is 60.9 Å². The van der Waals surface area contributed by atoms with Gasteiger partial charge in [0.25, 0.3) is 0 Å². The van der Waals surface area contributed by atoms with Crippen LogP contribution in [0.2, 0.25) is 0 Å². The molecule has 3 atom stereocenters. The minimum atomic E-state index is -0.862. The SMILES string of the molecule is CCCCNC(=O)C(CC(=O)CC(CC(=O)C(CC)CCCC)C(=O)NCCNCCN)CC(=O)NCCNCCN. The van der Waals surface area contributed by atoms with Crippen molar-refractivity contribution in [3.05, 3.63) is 0 Å². The largest absolute Gasteiger partial charge is 0.356 e. The first-order valence-corrected chi connectivity index (χ1v) is 15.9.